The lowest BCUT2D eigenvalue weighted by molar-refractivity contribution is -0.134. The van der Waals surface area contributed by atoms with Crippen LogP contribution in [-0.4, -0.2) is 58.8 Å². The molecule has 3 rings (SSSR count). The number of amides is 4. The van der Waals surface area contributed by atoms with Gasteiger partial charge in [0.25, 0.3) is 0 Å². The molecule has 0 bridgehead atoms. The molecule has 10 heteroatoms. The lowest BCUT2D eigenvalue weighted by atomic mass is 9.88. The molecule has 0 fully saturated rings. The number of hydrogen-bond acceptors (Lipinski definition) is 6. The van der Waals surface area contributed by atoms with Crippen LogP contribution in [0, 0.1) is 11.8 Å². The molecule has 3 aromatic rings. The molecule has 264 valence electrons. The molecule has 10 nitrogen and oxygen atoms in total. The Labute approximate surface area is 290 Å². The number of aliphatic hydroxyl groups is 1. The Hall–Kier alpha value is -4.70. The van der Waals surface area contributed by atoms with Crippen molar-refractivity contribution in [2.24, 2.45) is 17.6 Å². The number of alkyl carbamates (subject to hydrolysis) is 1. The Bertz CT molecular complexity index is 1480. The zero-order valence-electron chi connectivity index (χ0n) is 29.2. The number of carbonyl (C=O) groups excluding carboxylic acids is 4. The van der Waals surface area contributed by atoms with E-state index in [4.69, 9.17) is 10.5 Å². The van der Waals surface area contributed by atoms with Crippen LogP contribution in [0.1, 0.15) is 64.2 Å². The molecule has 0 aliphatic carbocycles. The highest BCUT2D eigenvalue weighted by atomic mass is 16.6. The first kappa shape index (κ1) is 38.7. The van der Waals surface area contributed by atoms with Gasteiger partial charge in [-0.3, -0.25) is 14.4 Å². The minimum Gasteiger partial charge on any atom is -0.444 e. The third kappa shape index (κ3) is 13.4. The van der Waals surface area contributed by atoms with Crippen LogP contribution in [0.5, 0.6) is 0 Å². The Morgan fingerprint density at radius 3 is 1.69 bits per heavy atom. The minimum absolute atomic E-state index is 0.0131. The second-order valence-corrected chi connectivity index (χ2v) is 13.7. The maximum atomic E-state index is 14.1. The maximum absolute atomic E-state index is 14.1. The van der Waals surface area contributed by atoms with Gasteiger partial charge in [-0.05, 0) is 62.6 Å². The summed E-state index contributed by atoms with van der Waals surface area (Å²) in [7, 11) is 0. The smallest absolute Gasteiger partial charge is 0.407 e. The Balaban J connectivity index is 1.86. The van der Waals surface area contributed by atoms with Crippen LogP contribution < -0.4 is 21.7 Å². The average molecular weight is 673 g/mol. The molecule has 4 amide bonds. The van der Waals surface area contributed by atoms with E-state index >= 15 is 0 Å². The van der Waals surface area contributed by atoms with Gasteiger partial charge in [-0.25, -0.2) is 4.79 Å². The summed E-state index contributed by atoms with van der Waals surface area (Å²) in [6.07, 6.45) is -0.475. The van der Waals surface area contributed by atoms with Crippen molar-refractivity contribution >= 4 is 23.8 Å². The monoisotopic (exact) mass is 672 g/mol. The van der Waals surface area contributed by atoms with Gasteiger partial charge in [0.1, 0.15) is 17.7 Å². The minimum atomic E-state index is -1.15. The molecule has 0 aliphatic heterocycles. The molecule has 3 aromatic carbocycles. The van der Waals surface area contributed by atoms with Crippen molar-refractivity contribution in [3.8, 4) is 0 Å². The first-order valence-corrected chi connectivity index (χ1v) is 16.9. The average Bonchev–Trinajstić information content (AvgIpc) is 3.06. The number of nitrogens with two attached hydrogens (primary N) is 1. The summed E-state index contributed by atoms with van der Waals surface area (Å²) in [5.41, 5.74) is 7.52. The van der Waals surface area contributed by atoms with Gasteiger partial charge >= 0.3 is 6.09 Å². The van der Waals surface area contributed by atoms with E-state index in [-0.39, 0.29) is 25.2 Å². The molecule has 0 saturated heterocycles. The van der Waals surface area contributed by atoms with Crippen molar-refractivity contribution < 1.29 is 29.0 Å². The van der Waals surface area contributed by atoms with Crippen LogP contribution in [0.3, 0.4) is 0 Å². The van der Waals surface area contributed by atoms with E-state index in [1.54, 1.807) is 20.8 Å². The van der Waals surface area contributed by atoms with E-state index in [1.807, 2.05) is 105 Å². The summed E-state index contributed by atoms with van der Waals surface area (Å²) < 4.78 is 5.49. The van der Waals surface area contributed by atoms with Crippen LogP contribution in [0.2, 0.25) is 0 Å². The van der Waals surface area contributed by atoms with Gasteiger partial charge in [-0.2, -0.15) is 0 Å². The second kappa shape index (κ2) is 18.7. The van der Waals surface area contributed by atoms with Crippen molar-refractivity contribution in [1.82, 2.24) is 16.0 Å². The van der Waals surface area contributed by atoms with Crippen molar-refractivity contribution in [1.29, 1.82) is 0 Å². The summed E-state index contributed by atoms with van der Waals surface area (Å²) >= 11 is 0. The Kier molecular flexibility index (Phi) is 14.8. The fourth-order valence-electron chi connectivity index (χ4n) is 5.55. The largest absolute Gasteiger partial charge is 0.444 e. The van der Waals surface area contributed by atoms with E-state index in [9.17, 15) is 24.3 Å². The molecule has 6 atom stereocenters. The summed E-state index contributed by atoms with van der Waals surface area (Å²) in [6, 6.07) is 25.4. The molecule has 6 N–H and O–H groups in total. The number of ether oxygens (including phenoxy) is 1. The van der Waals surface area contributed by atoms with E-state index in [0.29, 0.717) is 12.8 Å². The molecular formula is C39H52N4O6. The lowest BCUT2D eigenvalue weighted by Gasteiger charge is -2.31. The number of primary amides is 1. The number of nitrogens with one attached hydrogen (secondary N) is 3. The highest BCUT2D eigenvalue weighted by Crippen LogP contribution is 2.21. The standard InChI is InChI=1S/C39H52N4O6/c1-6-26(2)34(37(47)41-32(35(40)45)24-29-20-14-9-15-21-29)43-36(46)30(22-27-16-10-7-11-17-27)25-33(44)31(23-28-18-12-8-13-19-28)42-38(48)49-39(3,4)5/h7-21,26,30-34,44H,6,22-25H2,1-5H3,(H2,40,45)(H,41,47)(H,42,48)(H,43,46)/t26-,30?,31?,32?,33?,34-/m0/s1. The van der Waals surface area contributed by atoms with Crippen LogP contribution in [0.15, 0.2) is 91.0 Å². The highest BCUT2D eigenvalue weighted by Gasteiger charge is 2.34. The van der Waals surface area contributed by atoms with E-state index in [0.717, 1.165) is 16.7 Å². The fraction of sp³-hybridized carbons (Fsp3) is 0.436. The number of benzene rings is 3. The van der Waals surface area contributed by atoms with Gasteiger partial charge in [-0.1, -0.05) is 111 Å². The lowest BCUT2D eigenvalue weighted by Crippen LogP contribution is -2.56. The summed E-state index contributed by atoms with van der Waals surface area (Å²) in [6.45, 7) is 9.03. The number of aliphatic hydroxyl groups excluding tert-OH is 1. The van der Waals surface area contributed by atoms with E-state index in [1.165, 1.54) is 0 Å². The predicted molar refractivity (Wildman–Crippen MR) is 190 cm³/mol. The summed E-state index contributed by atoms with van der Waals surface area (Å²) in [5, 5.41) is 20.2. The Morgan fingerprint density at radius 1 is 0.735 bits per heavy atom. The molecule has 0 aliphatic rings. The van der Waals surface area contributed by atoms with Crippen molar-refractivity contribution in [2.75, 3.05) is 0 Å². The van der Waals surface area contributed by atoms with Crippen LogP contribution >= 0.6 is 0 Å². The summed E-state index contributed by atoms with van der Waals surface area (Å²) in [4.78, 5) is 53.0. The van der Waals surface area contributed by atoms with Crippen LogP contribution in [0.4, 0.5) is 4.79 Å². The molecule has 4 unspecified atom stereocenters. The Morgan fingerprint density at radius 2 is 1.22 bits per heavy atom. The number of carbonyl (C=O) groups is 4. The third-order valence-electron chi connectivity index (χ3n) is 8.42. The van der Waals surface area contributed by atoms with Crippen molar-refractivity contribution in [2.45, 2.75) is 96.6 Å². The quantitative estimate of drug-likeness (QED) is 0.142. The first-order valence-electron chi connectivity index (χ1n) is 16.9. The zero-order valence-corrected chi connectivity index (χ0v) is 29.2. The van der Waals surface area contributed by atoms with Gasteiger partial charge in [0.2, 0.25) is 17.7 Å². The number of rotatable bonds is 17. The highest BCUT2D eigenvalue weighted by molar-refractivity contribution is 5.92. The fourth-order valence-corrected chi connectivity index (χ4v) is 5.55. The maximum Gasteiger partial charge on any atom is 0.407 e. The number of hydrogen-bond donors (Lipinski definition) is 5. The SMILES string of the molecule is CC[C@H](C)[C@H](NC(=O)C(Cc1ccccc1)CC(O)C(Cc1ccccc1)NC(=O)OC(C)(C)C)C(=O)NC(Cc1ccccc1)C(N)=O. The van der Waals surface area contributed by atoms with Crippen molar-refractivity contribution in [3.05, 3.63) is 108 Å². The van der Waals surface area contributed by atoms with E-state index in [2.05, 4.69) is 16.0 Å². The molecule has 0 spiro atoms. The van der Waals surface area contributed by atoms with Crippen molar-refractivity contribution in [3.63, 3.8) is 0 Å². The van der Waals surface area contributed by atoms with Crippen LogP contribution in [0.25, 0.3) is 0 Å². The van der Waals surface area contributed by atoms with Gasteiger partial charge in [0.15, 0.2) is 0 Å². The van der Waals surface area contributed by atoms with Crippen LogP contribution in [-0.2, 0) is 38.4 Å². The molecule has 49 heavy (non-hydrogen) atoms. The van der Waals surface area contributed by atoms with Gasteiger partial charge in [-0.15, -0.1) is 0 Å². The van der Waals surface area contributed by atoms with E-state index < -0.39 is 59.6 Å². The van der Waals surface area contributed by atoms with Gasteiger partial charge in [0, 0.05) is 12.3 Å². The molecular weight excluding hydrogens is 620 g/mol. The molecule has 0 saturated carbocycles. The molecule has 0 heterocycles. The second-order valence-electron chi connectivity index (χ2n) is 13.7. The summed E-state index contributed by atoms with van der Waals surface area (Å²) in [5.74, 6) is -2.69. The van der Waals surface area contributed by atoms with Gasteiger partial charge < -0.3 is 31.5 Å². The first-order chi connectivity index (χ1) is 23.3. The normalized spacial score (nSPS) is 15.1. The predicted octanol–water partition coefficient (Wildman–Crippen LogP) is 4.48. The van der Waals surface area contributed by atoms with Gasteiger partial charge in [0.05, 0.1) is 12.1 Å². The zero-order chi connectivity index (χ0) is 36.0. The third-order valence-corrected chi connectivity index (χ3v) is 8.42. The molecule has 0 aromatic heterocycles. The topological polar surface area (TPSA) is 160 Å². The molecule has 0 radical (unpaired) electrons.